The summed E-state index contributed by atoms with van der Waals surface area (Å²) in [4.78, 5) is 25.9. The summed E-state index contributed by atoms with van der Waals surface area (Å²) in [6, 6.07) is 0. The van der Waals surface area contributed by atoms with Crippen LogP contribution < -0.4 is 0 Å². The van der Waals surface area contributed by atoms with Crippen molar-refractivity contribution in [2.45, 2.75) is 45.4 Å². The Morgan fingerprint density at radius 3 is 2.38 bits per heavy atom. The van der Waals surface area contributed by atoms with E-state index in [1.165, 1.54) is 25.7 Å². The van der Waals surface area contributed by atoms with Crippen LogP contribution >= 0.6 is 0 Å². The van der Waals surface area contributed by atoms with Crippen molar-refractivity contribution in [2.24, 2.45) is 35.5 Å². The smallest absolute Gasteiger partial charge is 0.307 e. The minimum absolute atomic E-state index is 0.0644. The molecule has 1 N–H and O–H groups in total. The molecule has 0 radical (unpaired) electrons. The number of rotatable bonds is 4. The highest BCUT2D eigenvalue weighted by Gasteiger charge is 2.44. The largest absolute Gasteiger partial charge is 0.481 e. The van der Waals surface area contributed by atoms with E-state index in [0.29, 0.717) is 18.3 Å². The fourth-order valence-corrected chi connectivity index (χ4v) is 5.16. The molecule has 21 heavy (non-hydrogen) atoms. The third-order valence-corrected chi connectivity index (χ3v) is 6.20. The van der Waals surface area contributed by atoms with E-state index in [1.807, 2.05) is 11.9 Å². The summed E-state index contributed by atoms with van der Waals surface area (Å²) in [7, 11) is 1.87. The van der Waals surface area contributed by atoms with E-state index >= 15 is 0 Å². The number of carboxylic acids is 1. The third-order valence-electron chi connectivity index (χ3n) is 6.20. The molecule has 3 rings (SSSR count). The molecule has 0 spiro atoms. The standard InChI is InChI=1S/C17H27NO3/c1-10-5-14(15(6-10)17(20)21)16(19)18(2)9-13-8-11-3-4-12(13)7-11/h10-15H,3-9H2,1-2H3,(H,20,21). The predicted molar refractivity (Wildman–Crippen MR) is 79.6 cm³/mol. The third kappa shape index (κ3) is 2.82. The molecule has 0 aromatic carbocycles. The first-order valence-corrected chi connectivity index (χ1v) is 8.43. The van der Waals surface area contributed by atoms with Gasteiger partial charge in [-0.15, -0.1) is 0 Å². The van der Waals surface area contributed by atoms with Crippen LogP contribution in [0.15, 0.2) is 0 Å². The summed E-state index contributed by atoms with van der Waals surface area (Å²) >= 11 is 0. The second-order valence-corrected chi connectivity index (χ2v) is 7.78. The van der Waals surface area contributed by atoms with Crippen LogP contribution in [0.1, 0.15) is 45.4 Å². The van der Waals surface area contributed by atoms with Gasteiger partial charge in [0.05, 0.1) is 11.8 Å². The summed E-state index contributed by atoms with van der Waals surface area (Å²) < 4.78 is 0. The highest BCUT2D eigenvalue weighted by Crippen LogP contribution is 2.48. The predicted octanol–water partition coefficient (Wildman–Crippen LogP) is 2.63. The van der Waals surface area contributed by atoms with Gasteiger partial charge >= 0.3 is 5.97 Å². The highest BCUT2D eigenvalue weighted by molar-refractivity contribution is 5.85. The average Bonchev–Trinajstić information content (AvgIpc) is 3.12. The zero-order valence-electron chi connectivity index (χ0n) is 13.1. The van der Waals surface area contributed by atoms with Crippen molar-refractivity contribution in [1.82, 2.24) is 4.90 Å². The number of carboxylic acid groups (broad SMARTS) is 1. The fraction of sp³-hybridized carbons (Fsp3) is 0.882. The van der Waals surface area contributed by atoms with Gasteiger partial charge in [0.15, 0.2) is 0 Å². The number of nitrogens with zero attached hydrogens (tertiary/aromatic N) is 1. The molecule has 4 heteroatoms. The Morgan fingerprint density at radius 2 is 1.81 bits per heavy atom. The first kappa shape index (κ1) is 14.9. The van der Waals surface area contributed by atoms with Crippen molar-refractivity contribution in [1.29, 1.82) is 0 Å². The molecule has 3 saturated carbocycles. The van der Waals surface area contributed by atoms with Crippen LogP contribution in [0.5, 0.6) is 0 Å². The van der Waals surface area contributed by atoms with Gasteiger partial charge in [-0.2, -0.15) is 0 Å². The zero-order chi connectivity index (χ0) is 15.1. The van der Waals surface area contributed by atoms with E-state index in [0.717, 1.165) is 24.8 Å². The monoisotopic (exact) mass is 293 g/mol. The molecular weight excluding hydrogens is 266 g/mol. The van der Waals surface area contributed by atoms with E-state index in [-0.39, 0.29) is 11.8 Å². The van der Waals surface area contributed by atoms with Crippen LogP contribution in [0.2, 0.25) is 0 Å². The lowest BCUT2D eigenvalue weighted by Crippen LogP contribution is -2.40. The second-order valence-electron chi connectivity index (χ2n) is 7.78. The molecule has 0 aliphatic heterocycles. The Labute approximate surface area is 126 Å². The molecule has 0 aromatic heterocycles. The van der Waals surface area contributed by atoms with Crippen LogP contribution in [0.25, 0.3) is 0 Å². The molecule has 3 aliphatic rings. The Hall–Kier alpha value is -1.06. The molecule has 6 atom stereocenters. The van der Waals surface area contributed by atoms with Crippen molar-refractivity contribution < 1.29 is 14.7 Å². The van der Waals surface area contributed by atoms with Gasteiger partial charge in [-0.3, -0.25) is 9.59 Å². The summed E-state index contributed by atoms with van der Waals surface area (Å²) in [6.45, 7) is 2.89. The molecule has 0 aromatic rings. The highest BCUT2D eigenvalue weighted by atomic mass is 16.4. The average molecular weight is 293 g/mol. The molecule has 1 amide bonds. The zero-order valence-corrected chi connectivity index (χ0v) is 13.1. The van der Waals surface area contributed by atoms with Gasteiger partial charge in [0.1, 0.15) is 0 Å². The number of fused-ring (bicyclic) bond motifs is 2. The van der Waals surface area contributed by atoms with Crippen LogP contribution in [-0.2, 0) is 9.59 Å². The summed E-state index contributed by atoms with van der Waals surface area (Å²) in [5, 5.41) is 9.33. The van der Waals surface area contributed by atoms with E-state index in [1.54, 1.807) is 0 Å². The Bertz CT molecular complexity index is 436. The van der Waals surface area contributed by atoms with Gasteiger partial charge < -0.3 is 10.0 Å². The molecule has 2 bridgehead atoms. The number of carbonyl (C=O) groups is 2. The Morgan fingerprint density at radius 1 is 1.10 bits per heavy atom. The van der Waals surface area contributed by atoms with Crippen molar-refractivity contribution in [3.8, 4) is 0 Å². The second kappa shape index (κ2) is 5.62. The van der Waals surface area contributed by atoms with Gasteiger partial charge in [0.2, 0.25) is 5.91 Å². The van der Waals surface area contributed by atoms with Crippen LogP contribution in [-0.4, -0.2) is 35.5 Å². The first-order chi connectivity index (χ1) is 9.95. The van der Waals surface area contributed by atoms with Crippen molar-refractivity contribution >= 4 is 11.9 Å². The minimum atomic E-state index is -0.800. The minimum Gasteiger partial charge on any atom is -0.481 e. The molecule has 0 heterocycles. The summed E-state index contributed by atoms with van der Waals surface area (Å²) in [6.07, 6.45) is 6.71. The molecule has 4 nitrogen and oxygen atoms in total. The number of hydrogen-bond donors (Lipinski definition) is 1. The quantitative estimate of drug-likeness (QED) is 0.867. The van der Waals surface area contributed by atoms with Gasteiger partial charge in [-0.25, -0.2) is 0 Å². The SMILES string of the molecule is CC1CC(C(=O)O)C(C(=O)N(C)CC2CC3CCC2C3)C1. The first-order valence-electron chi connectivity index (χ1n) is 8.43. The van der Waals surface area contributed by atoms with Crippen LogP contribution in [0.3, 0.4) is 0 Å². The molecule has 118 valence electrons. The normalized spacial score (nSPS) is 41.4. The summed E-state index contributed by atoms with van der Waals surface area (Å²) in [5.74, 6) is 1.18. The fourth-order valence-electron chi connectivity index (χ4n) is 5.16. The Balaban J connectivity index is 1.60. The Kier molecular flexibility index (Phi) is 3.98. The molecular formula is C17H27NO3. The topological polar surface area (TPSA) is 57.6 Å². The van der Waals surface area contributed by atoms with Crippen LogP contribution in [0.4, 0.5) is 0 Å². The number of aliphatic carboxylic acids is 1. The van der Waals surface area contributed by atoms with Gasteiger partial charge in [0, 0.05) is 13.6 Å². The lowest BCUT2D eigenvalue weighted by Gasteiger charge is -2.29. The number of hydrogen-bond acceptors (Lipinski definition) is 2. The maximum Gasteiger partial charge on any atom is 0.307 e. The van der Waals surface area contributed by atoms with E-state index in [9.17, 15) is 14.7 Å². The van der Waals surface area contributed by atoms with Crippen LogP contribution in [0, 0.1) is 35.5 Å². The van der Waals surface area contributed by atoms with Crippen molar-refractivity contribution in [2.75, 3.05) is 13.6 Å². The van der Waals surface area contributed by atoms with Gasteiger partial charge in [-0.05, 0) is 55.8 Å². The maximum atomic E-state index is 12.7. The molecule has 3 aliphatic carbocycles. The van der Waals surface area contributed by atoms with E-state index < -0.39 is 11.9 Å². The molecule has 3 fully saturated rings. The maximum absolute atomic E-state index is 12.7. The van der Waals surface area contributed by atoms with Gasteiger partial charge in [0.25, 0.3) is 0 Å². The van der Waals surface area contributed by atoms with Crippen molar-refractivity contribution in [3.63, 3.8) is 0 Å². The van der Waals surface area contributed by atoms with Crippen molar-refractivity contribution in [3.05, 3.63) is 0 Å². The molecule has 0 saturated heterocycles. The lowest BCUT2D eigenvalue weighted by molar-refractivity contribution is -0.148. The number of amides is 1. The van der Waals surface area contributed by atoms with E-state index in [2.05, 4.69) is 6.92 Å². The summed E-state index contributed by atoms with van der Waals surface area (Å²) in [5.41, 5.74) is 0. The van der Waals surface area contributed by atoms with Gasteiger partial charge in [-0.1, -0.05) is 13.3 Å². The number of carbonyl (C=O) groups excluding carboxylic acids is 1. The molecule has 6 unspecified atom stereocenters. The lowest BCUT2D eigenvalue weighted by atomic mass is 9.88. The van der Waals surface area contributed by atoms with E-state index in [4.69, 9.17) is 0 Å².